The van der Waals surface area contributed by atoms with Gasteiger partial charge in [0, 0.05) is 19.0 Å². The third-order valence-corrected chi connectivity index (χ3v) is 7.22. The second kappa shape index (κ2) is 8.97. The number of nitrogens with one attached hydrogen (secondary N) is 1. The third-order valence-electron chi connectivity index (χ3n) is 5.25. The van der Waals surface area contributed by atoms with Crippen molar-refractivity contribution in [1.29, 1.82) is 0 Å². The van der Waals surface area contributed by atoms with Crippen LogP contribution in [0.1, 0.15) is 36.8 Å². The van der Waals surface area contributed by atoms with Crippen molar-refractivity contribution in [3.63, 3.8) is 0 Å². The van der Waals surface area contributed by atoms with E-state index in [1.165, 1.54) is 4.31 Å². The van der Waals surface area contributed by atoms with E-state index in [1.54, 1.807) is 37.4 Å². The number of methoxy groups -OCH3 is 1. The molecule has 0 bridgehead atoms. The molecule has 1 aliphatic rings. The first-order valence-electron chi connectivity index (χ1n) is 9.84. The first-order valence-corrected chi connectivity index (χ1v) is 11.3. The minimum atomic E-state index is -3.64. The lowest BCUT2D eigenvalue weighted by atomic mass is 10.0. The van der Waals surface area contributed by atoms with Gasteiger partial charge in [-0.1, -0.05) is 30.2 Å². The largest absolute Gasteiger partial charge is 0.495 e. The number of anilines is 1. The number of carbonyl (C=O) groups is 1. The number of nitrogens with zero attached hydrogens (tertiary/aromatic N) is 1. The van der Waals surface area contributed by atoms with Crippen LogP contribution in [-0.2, 0) is 14.8 Å². The number of aryl methyl sites for hydroxylation is 2. The lowest BCUT2D eigenvalue weighted by Gasteiger charge is -2.34. The fourth-order valence-electron chi connectivity index (χ4n) is 3.67. The van der Waals surface area contributed by atoms with E-state index < -0.39 is 10.0 Å². The van der Waals surface area contributed by atoms with E-state index in [-0.39, 0.29) is 23.3 Å². The average Bonchev–Trinajstić information content (AvgIpc) is 2.69. The molecule has 0 radical (unpaired) electrons. The Hall–Kier alpha value is -2.38. The summed E-state index contributed by atoms with van der Waals surface area (Å²) in [7, 11) is -2.08. The summed E-state index contributed by atoms with van der Waals surface area (Å²) in [4.78, 5) is 13.0. The molecule has 2 aromatic carbocycles. The van der Waals surface area contributed by atoms with Crippen LogP contribution in [0.25, 0.3) is 0 Å². The number of hydrogen-bond acceptors (Lipinski definition) is 4. The molecule has 1 aliphatic heterocycles. The van der Waals surface area contributed by atoms with E-state index in [9.17, 15) is 13.2 Å². The van der Waals surface area contributed by atoms with Gasteiger partial charge in [0.25, 0.3) is 0 Å². The molecule has 3 rings (SSSR count). The summed E-state index contributed by atoms with van der Waals surface area (Å²) in [6.07, 6.45) is 2.49. The summed E-state index contributed by atoms with van der Waals surface area (Å²) in [5.74, 6) is 0.363. The van der Waals surface area contributed by atoms with Crippen molar-refractivity contribution < 1.29 is 17.9 Å². The second-order valence-electron chi connectivity index (χ2n) is 7.53. The highest BCUT2D eigenvalue weighted by Crippen LogP contribution is 2.29. The van der Waals surface area contributed by atoms with Gasteiger partial charge in [0.2, 0.25) is 15.9 Å². The van der Waals surface area contributed by atoms with Crippen LogP contribution in [0.2, 0.25) is 0 Å². The molecule has 0 saturated carbocycles. The van der Waals surface area contributed by atoms with Gasteiger partial charge in [-0.25, -0.2) is 8.42 Å². The van der Waals surface area contributed by atoms with Gasteiger partial charge >= 0.3 is 0 Å². The highest BCUT2D eigenvalue weighted by atomic mass is 32.2. The molecule has 0 spiro atoms. The van der Waals surface area contributed by atoms with Crippen LogP contribution in [-0.4, -0.2) is 38.3 Å². The van der Waals surface area contributed by atoms with Gasteiger partial charge in [0.15, 0.2) is 0 Å². The maximum absolute atomic E-state index is 13.2. The lowest BCUT2D eigenvalue weighted by Crippen LogP contribution is -2.45. The van der Waals surface area contributed by atoms with E-state index >= 15 is 0 Å². The molecule has 2 aromatic rings. The molecule has 1 unspecified atom stereocenters. The van der Waals surface area contributed by atoms with E-state index in [1.807, 2.05) is 26.0 Å². The predicted octanol–water partition coefficient (Wildman–Crippen LogP) is 3.88. The summed E-state index contributed by atoms with van der Waals surface area (Å²) in [6.45, 7) is 4.29. The number of hydrogen-bond donors (Lipinski definition) is 1. The Kier molecular flexibility index (Phi) is 6.59. The summed E-state index contributed by atoms with van der Waals surface area (Å²) >= 11 is 0. The summed E-state index contributed by atoms with van der Waals surface area (Å²) in [6, 6.07) is 12.1. The van der Waals surface area contributed by atoms with Gasteiger partial charge in [0.1, 0.15) is 5.75 Å². The molecule has 29 heavy (non-hydrogen) atoms. The molecule has 1 fully saturated rings. The predicted molar refractivity (Wildman–Crippen MR) is 114 cm³/mol. The molecule has 6 nitrogen and oxygen atoms in total. The zero-order chi connectivity index (χ0) is 21.0. The first-order chi connectivity index (χ1) is 13.8. The van der Waals surface area contributed by atoms with Crippen molar-refractivity contribution in [2.75, 3.05) is 19.0 Å². The average molecular weight is 417 g/mol. The zero-order valence-electron chi connectivity index (χ0n) is 17.1. The smallest absolute Gasteiger partial charge is 0.243 e. The molecular formula is C22H28N2O4S. The van der Waals surface area contributed by atoms with Crippen LogP contribution >= 0.6 is 0 Å². The van der Waals surface area contributed by atoms with Crippen molar-refractivity contribution in [2.45, 2.75) is 50.5 Å². The fraction of sp³-hybridized carbons (Fsp3) is 0.409. The normalized spacial score (nSPS) is 17.7. The van der Waals surface area contributed by atoms with Gasteiger partial charge in [0.05, 0.1) is 17.7 Å². The van der Waals surface area contributed by atoms with Crippen LogP contribution in [0.15, 0.2) is 47.4 Å². The van der Waals surface area contributed by atoms with Gasteiger partial charge in [-0.05, 0) is 56.5 Å². The molecule has 1 saturated heterocycles. The Bertz CT molecular complexity index is 971. The number of sulfonamides is 1. The standard InChI is InChI=1S/C22H28N2O4S/c1-16-7-10-19(11-8-16)29(26,27)24-13-5-4-6-18(24)15-22(25)23-20-14-17(2)9-12-21(20)28-3/h7-12,14,18H,4-6,13,15H2,1-3H3,(H,23,25). The van der Waals surface area contributed by atoms with Crippen molar-refractivity contribution in [3.8, 4) is 5.75 Å². The third kappa shape index (κ3) is 4.97. The van der Waals surface area contributed by atoms with Crippen LogP contribution in [0, 0.1) is 13.8 Å². The van der Waals surface area contributed by atoms with Crippen molar-refractivity contribution >= 4 is 21.6 Å². The molecule has 0 aromatic heterocycles. The van der Waals surface area contributed by atoms with Crippen LogP contribution in [0.5, 0.6) is 5.75 Å². The summed E-state index contributed by atoms with van der Waals surface area (Å²) < 4.78 is 33.1. The SMILES string of the molecule is COc1ccc(C)cc1NC(=O)CC1CCCCN1S(=O)(=O)c1ccc(C)cc1. The Balaban J connectivity index is 1.77. The summed E-state index contributed by atoms with van der Waals surface area (Å²) in [5, 5.41) is 2.88. The Labute approximate surface area is 172 Å². The highest BCUT2D eigenvalue weighted by Gasteiger charge is 2.34. The number of piperidine rings is 1. The van der Waals surface area contributed by atoms with E-state index in [0.29, 0.717) is 24.4 Å². The summed E-state index contributed by atoms with van der Waals surface area (Å²) in [5.41, 5.74) is 2.61. The van der Waals surface area contributed by atoms with Crippen LogP contribution in [0.3, 0.4) is 0 Å². The molecular weight excluding hydrogens is 388 g/mol. The molecule has 1 heterocycles. The molecule has 156 valence electrons. The van der Waals surface area contributed by atoms with Gasteiger partial charge in [-0.15, -0.1) is 0 Å². The maximum Gasteiger partial charge on any atom is 0.243 e. The highest BCUT2D eigenvalue weighted by molar-refractivity contribution is 7.89. The molecule has 7 heteroatoms. The minimum Gasteiger partial charge on any atom is -0.495 e. The Morgan fingerprint density at radius 3 is 2.48 bits per heavy atom. The zero-order valence-corrected chi connectivity index (χ0v) is 18.0. The Morgan fingerprint density at radius 2 is 1.79 bits per heavy atom. The number of carbonyl (C=O) groups excluding carboxylic acids is 1. The van der Waals surface area contributed by atoms with Crippen LogP contribution in [0.4, 0.5) is 5.69 Å². The lowest BCUT2D eigenvalue weighted by molar-refractivity contribution is -0.117. The Morgan fingerprint density at radius 1 is 1.10 bits per heavy atom. The first kappa shape index (κ1) is 21.3. The quantitative estimate of drug-likeness (QED) is 0.775. The number of amides is 1. The number of ether oxygens (including phenoxy) is 1. The van der Waals surface area contributed by atoms with Crippen molar-refractivity contribution in [3.05, 3.63) is 53.6 Å². The number of benzene rings is 2. The molecule has 1 N–H and O–H groups in total. The van der Waals surface area contributed by atoms with Crippen LogP contribution < -0.4 is 10.1 Å². The van der Waals surface area contributed by atoms with Crippen molar-refractivity contribution in [2.24, 2.45) is 0 Å². The van der Waals surface area contributed by atoms with Gasteiger partial charge < -0.3 is 10.1 Å². The number of rotatable bonds is 6. The molecule has 1 amide bonds. The van der Waals surface area contributed by atoms with E-state index in [2.05, 4.69) is 5.32 Å². The molecule has 1 atom stereocenters. The topological polar surface area (TPSA) is 75.7 Å². The fourth-order valence-corrected chi connectivity index (χ4v) is 5.37. The van der Waals surface area contributed by atoms with Crippen molar-refractivity contribution in [1.82, 2.24) is 4.31 Å². The van der Waals surface area contributed by atoms with Gasteiger partial charge in [-0.3, -0.25) is 4.79 Å². The monoisotopic (exact) mass is 416 g/mol. The second-order valence-corrected chi connectivity index (χ2v) is 9.43. The van der Waals surface area contributed by atoms with E-state index in [0.717, 1.165) is 24.0 Å². The van der Waals surface area contributed by atoms with E-state index in [4.69, 9.17) is 4.74 Å². The minimum absolute atomic E-state index is 0.113. The van der Waals surface area contributed by atoms with Gasteiger partial charge in [-0.2, -0.15) is 4.31 Å². The maximum atomic E-state index is 13.2. The molecule has 0 aliphatic carbocycles.